The molecule has 5 nitrogen and oxygen atoms in total. The number of nitrogens with one attached hydrogen (secondary N) is 1. The summed E-state index contributed by atoms with van der Waals surface area (Å²) in [7, 11) is 0. The third-order valence-corrected chi connectivity index (χ3v) is 3.31. The second-order valence-corrected chi connectivity index (χ2v) is 5.19. The molecule has 1 N–H and O–H groups in total. The zero-order chi connectivity index (χ0) is 17.2. The highest BCUT2D eigenvalue weighted by Gasteiger charge is 2.23. The summed E-state index contributed by atoms with van der Waals surface area (Å²) < 4.78 is 0. The van der Waals surface area contributed by atoms with Crippen molar-refractivity contribution < 1.29 is 14.4 Å². The van der Waals surface area contributed by atoms with Crippen molar-refractivity contribution in [3.63, 3.8) is 0 Å². The largest absolute Gasteiger partial charge is 0.357 e. The second-order valence-electron chi connectivity index (χ2n) is 5.19. The van der Waals surface area contributed by atoms with Crippen molar-refractivity contribution in [2.75, 3.05) is 0 Å². The maximum Gasteiger partial charge on any atom is 0.357 e. The van der Waals surface area contributed by atoms with E-state index >= 15 is 0 Å². The van der Waals surface area contributed by atoms with Crippen molar-refractivity contribution in [3.8, 4) is 0 Å². The molecule has 0 unspecified atom stereocenters. The lowest BCUT2D eigenvalue weighted by atomic mass is 10.1. The Hall–Kier alpha value is -2.95. The molecule has 124 valence electrons. The fraction of sp³-hybridized carbons (Fsp3) is 0.211. The van der Waals surface area contributed by atoms with E-state index in [2.05, 4.69) is 10.5 Å². The average Bonchev–Trinajstić information content (AvgIpc) is 2.63. The van der Waals surface area contributed by atoms with Crippen molar-refractivity contribution in [2.24, 2.45) is 5.16 Å². The number of oxime groups is 1. The first-order valence-corrected chi connectivity index (χ1v) is 7.83. The van der Waals surface area contributed by atoms with Crippen LogP contribution in [0.4, 0.5) is 0 Å². The fourth-order valence-electron chi connectivity index (χ4n) is 2.10. The Bertz CT molecular complexity index is 684. The number of hydrogen-bond acceptors (Lipinski definition) is 4. The summed E-state index contributed by atoms with van der Waals surface area (Å²) in [6.45, 7) is 1.88. The van der Waals surface area contributed by atoms with Gasteiger partial charge in [-0.1, -0.05) is 60.6 Å². The lowest BCUT2D eigenvalue weighted by Gasteiger charge is -2.16. The Balaban J connectivity index is 2.11. The molecule has 24 heavy (non-hydrogen) atoms. The Labute approximate surface area is 141 Å². The summed E-state index contributed by atoms with van der Waals surface area (Å²) in [6.07, 6.45) is 2.49. The minimum absolute atomic E-state index is 0.326. The van der Waals surface area contributed by atoms with Crippen LogP contribution in [0.15, 0.2) is 65.8 Å². The van der Waals surface area contributed by atoms with E-state index in [0.717, 1.165) is 5.56 Å². The van der Waals surface area contributed by atoms with Gasteiger partial charge in [0.2, 0.25) is 0 Å². The summed E-state index contributed by atoms with van der Waals surface area (Å²) >= 11 is 0. The van der Waals surface area contributed by atoms with Gasteiger partial charge in [0.05, 0.1) is 0 Å². The quantitative estimate of drug-likeness (QED) is 0.484. The molecule has 0 fully saturated rings. The topological polar surface area (TPSA) is 67.8 Å². The van der Waals surface area contributed by atoms with Crippen molar-refractivity contribution in [2.45, 2.75) is 25.8 Å². The molecular formula is C19H20N2O3. The Kier molecular flexibility index (Phi) is 6.71. The van der Waals surface area contributed by atoms with Gasteiger partial charge in [0, 0.05) is 18.2 Å². The molecule has 2 aromatic carbocycles. The van der Waals surface area contributed by atoms with E-state index < -0.39 is 12.0 Å². The highest BCUT2D eigenvalue weighted by Crippen LogP contribution is 2.07. The highest BCUT2D eigenvalue weighted by atomic mass is 16.7. The van der Waals surface area contributed by atoms with E-state index in [4.69, 9.17) is 4.84 Å². The van der Waals surface area contributed by atoms with E-state index in [1.54, 1.807) is 24.3 Å². The van der Waals surface area contributed by atoms with Gasteiger partial charge >= 0.3 is 5.97 Å². The highest BCUT2D eigenvalue weighted by molar-refractivity contribution is 5.96. The number of carbonyl (C=O) groups is 2. The van der Waals surface area contributed by atoms with Crippen LogP contribution in [-0.4, -0.2) is 24.1 Å². The Morgan fingerprint density at radius 1 is 1.08 bits per heavy atom. The second kappa shape index (κ2) is 9.25. The van der Waals surface area contributed by atoms with Crippen molar-refractivity contribution >= 4 is 18.1 Å². The lowest BCUT2D eigenvalue weighted by molar-refractivity contribution is -0.145. The van der Waals surface area contributed by atoms with Gasteiger partial charge in [-0.25, -0.2) is 4.79 Å². The summed E-state index contributed by atoms with van der Waals surface area (Å²) in [5.41, 5.74) is 1.41. The molecule has 1 amide bonds. The van der Waals surface area contributed by atoms with Crippen LogP contribution in [0.1, 0.15) is 29.3 Å². The molecule has 0 radical (unpaired) electrons. The zero-order valence-corrected chi connectivity index (χ0v) is 13.5. The average molecular weight is 324 g/mol. The predicted molar refractivity (Wildman–Crippen MR) is 92.7 cm³/mol. The first-order chi connectivity index (χ1) is 11.7. The summed E-state index contributed by atoms with van der Waals surface area (Å²) in [6, 6.07) is 17.4. The van der Waals surface area contributed by atoms with Crippen LogP contribution in [0.3, 0.4) is 0 Å². The van der Waals surface area contributed by atoms with Gasteiger partial charge in [0.1, 0.15) is 6.04 Å². The van der Waals surface area contributed by atoms with Gasteiger partial charge in [0.25, 0.3) is 5.91 Å². The summed E-state index contributed by atoms with van der Waals surface area (Å²) in [4.78, 5) is 29.4. The third kappa shape index (κ3) is 5.35. The van der Waals surface area contributed by atoms with Crippen LogP contribution in [-0.2, 0) is 16.1 Å². The maximum absolute atomic E-state index is 12.3. The van der Waals surface area contributed by atoms with Gasteiger partial charge in [0.15, 0.2) is 0 Å². The molecule has 0 aliphatic heterocycles. The molecule has 0 saturated heterocycles. The van der Waals surface area contributed by atoms with E-state index in [1.165, 1.54) is 6.21 Å². The SMILES string of the molecule is CC/C=N\OC(=O)[C@H](Cc1ccccc1)NC(=O)c1ccccc1. The van der Waals surface area contributed by atoms with Crippen LogP contribution in [0.2, 0.25) is 0 Å². The summed E-state index contributed by atoms with van der Waals surface area (Å²) in [5, 5.41) is 6.33. The molecule has 0 saturated carbocycles. The monoisotopic (exact) mass is 324 g/mol. The van der Waals surface area contributed by atoms with Gasteiger partial charge in [-0.15, -0.1) is 0 Å². The van der Waals surface area contributed by atoms with Crippen LogP contribution < -0.4 is 5.32 Å². The van der Waals surface area contributed by atoms with Crippen LogP contribution in [0.25, 0.3) is 0 Å². The van der Waals surface area contributed by atoms with E-state index in [0.29, 0.717) is 18.4 Å². The molecular weight excluding hydrogens is 304 g/mol. The molecule has 2 rings (SSSR count). The van der Waals surface area contributed by atoms with E-state index in [1.807, 2.05) is 43.3 Å². The third-order valence-electron chi connectivity index (χ3n) is 3.31. The van der Waals surface area contributed by atoms with E-state index in [-0.39, 0.29) is 5.91 Å². The zero-order valence-electron chi connectivity index (χ0n) is 13.5. The molecule has 2 aromatic rings. The molecule has 0 bridgehead atoms. The molecule has 0 heterocycles. The number of hydrogen-bond donors (Lipinski definition) is 1. The van der Waals surface area contributed by atoms with Gasteiger partial charge in [-0.2, -0.15) is 0 Å². The maximum atomic E-state index is 12.3. The first-order valence-electron chi connectivity index (χ1n) is 7.83. The van der Waals surface area contributed by atoms with Crippen molar-refractivity contribution in [1.29, 1.82) is 0 Å². The van der Waals surface area contributed by atoms with Gasteiger partial charge in [-0.3, -0.25) is 4.79 Å². The minimum atomic E-state index is -0.811. The minimum Gasteiger partial charge on any atom is -0.338 e. The van der Waals surface area contributed by atoms with Crippen LogP contribution in [0, 0.1) is 0 Å². The molecule has 0 aliphatic rings. The summed E-state index contributed by atoms with van der Waals surface area (Å²) in [5.74, 6) is -0.916. The first kappa shape index (κ1) is 17.4. The number of nitrogens with zero attached hydrogens (tertiary/aromatic N) is 1. The van der Waals surface area contributed by atoms with Gasteiger partial charge in [-0.05, 0) is 24.1 Å². The fourth-order valence-corrected chi connectivity index (χ4v) is 2.10. The molecule has 0 aromatic heterocycles. The number of benzene rings is 2. The lowest BCUT2D eigenvalue weighted by Crippen LogP contribution is -2.43. The number of rotatable bonds is 7. The Morgan fingerprint density at radius 2 is 1.71 bits per heavy atom. The van der Waals surface area contributed by atoms with E-state index in [9.17, 15) is 9.59 Å². The number of carbonyl (C=O) groups excluding carboxylic acids is 2. The standard InChI is InChI=1S/C19H20N2O3/c1-2-13-20-24-19(23)17(14-15-9-5-3-6-10-15)21-18(22)16-11-7-4-8-12-16/h3-13,17H,2,14H2,1H3,(H,21,22)/b20-13-/t17-/m0/s1. The van der Waals surface area contributed by atoms with Crippen LogP contribution >= 0.6 is 0 Å². The molecule has 0 aliphatic carbocycles. The predicted octanol–water partition coefficient (Wildman–Crippen LogP) is 2.97. The smallest absolute Gasteiger partial charge is 0.338 e. The van der Waals surface area contributed by atoms with Crippen molar-refractivity contribution in [3.05, 3.63) is 71.8 Å². The molecule has 1 atom stereocenters. The van der Waals surface area contributed by atoms with Gasteiger partial charge < -0.3 is 10.2 Å². The number of amides is 1. The molecule has 0 spiro atoms. The van der Waals surface area contributed by atoms with Crippen molar-refractivity contribution in [1.82, 2.24) is 5.32 Å². The Morgan fingerprint density at radius 3 is 2.33 bits per heavy atom. The van der Waals surface area contributed by atoms with Crippen LogP contribution in [0.5, 0.6) is 0 Å². The normalized spacial score (nSPS) is 11.9. The molecule has 5 heteroatoms.